The van der Waals surface area contributed by atoms with E-state index in [1.54, 1.807) is 6.92 Å². The zero-order valence-electron chi connectivity index (χ0n) is 12.4. The standard InChI is InChI=1S/C14H19Cl2NO3S/c1-8(2)5-9(3)17-14(18)11-6-12(15)10(4)13(7-11)21(16,19)20/h6-9H,5H2,1-4H3,(H,17,18). The molecule has 0 heterocycles. The van der Waals surface area contributed by atoms with E-state index in [1.165, 1.54) is 12.1 Å². The highest BCUT2D eigenvalue weighted by atomic mass is 35.7. The minimum atomic E-state index is -3.95. The predicted molar refractivity (Wildman–Crippen MR) is 85.6 cm³/mol. The molecular formula is C14H19Cl2NO3S. The topological polar surface area (TPSA) is 63.2 Å². The Morgan fingerprint density at radius 2 is 1.86 bits per heavy atom. The smallest absolute Gasteiger partial charge is 0.261 e. The van der Waals surface area contributed by atoms with Gasteiger partial charge in [-0.15, -0.1) is 0 Å². The Bertz CT molecular complexity index is 642. The molecular weight excluding hydrogens is 333 g/mol. The van der Waals surface area contributed by atoms with Crippen LogP contribution in [0.1, 0.15) is 43.1 Å². The van der Waals surface area contributed by atoms with Crippen molar-refractivity contribution in [3.8, 4) is 0 Å². The molecule has 1 atom stereocenters. The molecule has 1 rings (SSSR count). The van der Waals surface area contributed by atoms with E-state index >= 15 is 0 Å². The minimum Gasteiger partial charge on any atom is -0.350 e. The molecule has 0 aliphatic carbocycles. The molecule has 0 aromatic heterocycles. The Labute approximate surface area is 135 Å². The number of hydrogen-bond acceptors (Lipinski definition) is 3. The number of amides is 1. The van der Waals surface area contributed by atoms with Crippen molar-refractivity contribution in [2.45, 2.75) is 45.1 Å². The van der Waals surface area contributed by atoms with Crippen LogP contribution in [-0.2, 0) is 9.05 Å². The van der Waals surface area contributed by atoms with Crippen molar-refractivity contribution in [3.63, 3.8) is 0 Å². The van der Waals surface area contributed by atoms with Crippen LogP contribution in [0.3, 0.4) is 0 Å². The number of benzene rings is 1. The second-order valence-electron chi connectivity index (χ2n) is 5.52. The van der Waals surface area contributed by atoms with Crippen LogP contribution < -0.4 is 5.32 Å². The third-order valence-corrected chi connectivity index (χ3v) is 4.86. The normalized spacial score (nSPS) is 13.3. The first-order chi connectivity index (χ1) is 9.52. The van der Waals surface area contributed by atoms with Crippen LogP contribution in [0.25, 0.3) is 0 Å². The van der Waals surface area contributed by atoms with Crippen LogP contribution in [0.15, 0.2) is 17.0 Å². The van der Waals surface area contributed by atoms with Crippen LogP contribution in [0, 0.1) is 12.8 Å². The minimum absolute atomic E-state index is 0.0198. The molecule has 1 amide bonds. The highest BCUT2D eigenvalue weighted by Gasteiger charge is 2.20. The van der Waals surface area contributed by atoms with E-state index in [2.05, 4.69) is 19.2 Å². The highest BCUT2D eigenvalue weighted by Crippen LogP contribution is 2.27. The van der Waals surface area contributed by atoms with E-state index < -0.39 is 9.05 Å². The summed E-state index contributed by atoms with van der Waals surface area (Å²) in [4.78, 5) is 12.0. The van der Waals surface area contributed by atoms with Gasteiger partial charge < -0.3 is 5.32 Å². The molecule has 0 saturated heterocycles. The third kappa shape index (κ3) is 5.16. The maximum atomic E-state index is 12.2. The van der Waals surface area contributed by atoms with Crippen LogP contribution >= 0.6 is 22.3 Å². The number of carbonyl (C=O) groups excluding carboxylic acids is 1. The molecule has 21 heavy (non-hydrogen) atoms. The second kappa shape index (κ2) is 6.99. The van der Waals surface area contributed by atoms with Crippen LogP contribution in [0.4, 0.5) is 0 Å². The summed E-state index contributed by atoms with van der Waals surface area (Å²) in [7, 11) is 1.42. The van der Waals surface area contributed by atoms with Crippen molar-refractivity contribution in [3.05, 3.63) is 28.3 Å². The summed E-state index contributed by atoms with van der Waals surface area (Å²) in [6, 6.07) is 2.68. The fourth-order valence-electron chi connectivity index (χ4n) is 2.11. The summed E-state index contributed by atoms with van der Waals surface area (Å²) in [6.45, 7) is 7.56. The maximum absolute atomic E-state index is 12.2. The summed E-state index contributed by atoms with van der Waals surface area (Å²) in [5.74, 6) is 0.0762. The summed E-state index contributed by atoms with van der Waals surface area (Å²) in [6.07, 6.45) is 0.825. The third-order valence-electron chi connectivity index (χ3n) is 3.02. The van der Waals surface area contributed by atoms with Gasteiger partial charge in [0.25, 0.3) is 15.0 Å². The number of rotatable bonds is 5. The Kier molecular flexibility index (Phi) is 6.08. The number of hydrogen-bond donors (Lipinski definition) is 1. The second-order valence-corrected chi connectivity index (χ2v) is 8.46. The van der Waals surface area contributed by atoms with Crippen LogP contribution in [0.5, 0.6) is 0 Å². The van der Waals surface area contributed by atoms with E-state index in [0.29, 0.717) is 11.5 Å². The zero-order chi connectivity index (χ0) is 16.4. The van der Waals surface area contributed by atoms with Gasteiger partial charge in [0.05, 0.1) is 4.90 Å². The van der Waals surface area contributed by atoms with Crippen molar-refractivity contribution in [2.24, 2.45) is 5.92 Å². The fraction of sp³-hybridized carbons (Fsp3) is 0.500. The molecule has 0 spiro atoms. The van der Waals surface area contributed by atoms with Crippen molar-refractivity contribution in [2.75, 3.05) is 0 Å². The average molecular weight is 352 g/mol. The van der Waals surface area contributed by atoms with E-state index in [1.807, 2.05) is 6.92 Å². The van der Waals surface area contributed by atoms with Gasteiger partial charge in [-0.2, -0.15) is 0 Å². The first kappa shape index (κ1) is 18.3. The zero-order valence-corrected chi connectivity index (χ0v) is 14.7. The Balaban J connectivity index is 3.09. The predicted octanol–water partition coefficient (Wildman–Crippen LogP) is 3.74. The summed E-state index contributed by atoms with van der Waals surface area (Å²) in [5, 5.41) is 3.01. The van der Waals surface area contributed by atoms with Gasteiger partial charge in [0, 0.05) is 27.3 Å². The van der Waals surface area contributed by atoms with Gasteiger partial charge >= 0.3 is 0 Å². The van der Waals surface area contributed by atoms with Crippen molar-refractivity contribution in [1.82, 2.24) is 5.32 Å². The van der Waals surface area contributed by atoms with Gasteiger partial charge in [-0.05, 0) is 43.9 Å². The molecule has 1 unspecified atom stereocenters. The highest BCUT2D eigenvalue weighted by molar-refractivity contribution is 8.13. The van der Waals surface area contributed by atoms with E-state index in [-0.39, 0.29) is 27.4 Å². The molecule has 4 nitrogen and oxygen atoms in total. The van der Waals surface area contributed by atoms with E-state index in [9.17, 15) is 13.2 Å². The lowest BCUT2D eigenvalue weighted by atomic mass is 10.0. The molecule has 1 N–H and O–H groups in total. The molecule has 0 aliphatic heterocycles. The lowest BCUT2D eigenvalue weighted by Gasteiger charge is -2.16. The first-order valence-corrected chi connectivity index (χ1v) is 9.26. The Morgan fingerprint density at radius 1 is 1.29 bits per heavy atom. The van der Waals surface area contributed by atoms with Crippen LogP contribution in [-0.4, -0.2) is 20.4 Å². The Morgan fingerprint density at radius 3 is 2.33 bits per heavy atom. The maximum Gasteiger partial charge on any atom is 0.261 e. The van der Waals surface area contributed by atoms with Gasteiger partial charge in [0.2, 0.25) is 0 Å². The molecule has 1 aromatic carbocycles. The lowest BCUT2D eigenvalue weighted by Crippen LogP contribution is -2.33. The van der Waals surface area contributed by atoms with Crippen molar-refractivity contribution in [1.29, 1.82) is 0 Å². The Hall–Kier alpha value is -0.780. The van der Waals surface area contributed by atoms with Gasteiger partial charge in [0.15, 0.2) is 0 Å². The van der Waals surface area contributed by atoms with Gasteiger partial charge in [-0.1, -0.05) is 25.4 Å². The molecule has 118 valence electrons. The van der Waals surface area contributed by atoms with E-state index in [4.69, 9.17) is 22.3 Å². The van der Waals surface area contributed by atoms with Gasteiger partial charge in [0.1, 0.15) is 0 Å². The molecule has 0 bridgehead atoms. The summed E-state index contributed by atoms with van der Waals surface area (Å²) >= 11 is 5.99. The summed E-state index contributed by atoms with van der Waals surface area (Å²) < 4.78 is 23.0. The largest absolute Gasteiger partial charge is 0.350 e. The molecule has 0 aliphatic rings. The monoisotopic (exact) mass is 351 g/mol. The number of carbonyl (C=O) groups is 1. The molecule has 1 aromatic rings. The molecule has 0 fully saturated rings. The van der Waals surface area contributed by atoms with Crippen molar-refractivity contribution >= 4 is 37.2 Å². The van der Waals surface area contributed by atoms with E-state index in [0.717, 1.165) is 6.42 Å². The SMILES string of the molecule is Cc1c(Cl)cc(C(=O)NC(C)CC(C)C)cc1S(=O)(=O)Cl. The lowest BCUT2D eigenvalue weighted by molar-refractivity contribution is 0.0936. The van der Waals surface area contributed by atoms with Gasteiger partial charge in [-0.25, -0.2) is 8.42 Å². The molecule has 7 heteroatoms. The fourth-order valence-corrected chi connectivity index (χ4v) is 3.61. The molecule has 0 radical (unpaired) electrons. The number of halogens is 2. The number of nitrogens with one attached hydrogen (secondary N) is 1. The van der Waals surface area contributed by atoms with Crippen LogP contribution in [0.2, 0.25) is 5.02 Å². The quantitative estimate of drug-likeness (QED) is 0.821. The average Bonchev–Trinajstić information content (AvgIpc) is 2.29. The summed E-state index contributed by atoms with van der Waals surface area (Å²) in [5.41, 5.74) is 0.513. The molecule has 0 saturated carbocycles. The van der Waals surface area contributed by atoms with Gasteiger partial charge in [-0.3, -0.25) is 4.79 Å². The first-order valence-electron chi connectivity index (χ1n) is 6.58. The van der Waals surface area contributed by atoms with Crippen molar-refractivity contribution < 1.29 is 13.2 Å².